The van der Waals surface area contributed by atoms with Gasteiger partial charge >= 0.3 is 0 Å². The van der Waals surface area contributed by atoms with Crippen LogP contribution in [0.25, 0.3) is 10.8 Å². The molecule has 1 aliphatic carbocycles. The van der Waals surface area contributed by atoms with Crippen LogP contribution in [-0.4, -0.2) is 18.5 Å². The maximum atomic E-state index is 12.8. The molecular formula is C25H36N2O. The number of rotatable bonds is 10. The minimum Gasteiger partial charge on any atom is -0.355 e. The highest BCUT2D eigenvalue weighted by atomic mass is 16.2. The van der Waals surface area contributed by atoms with Gasteiger partial charge in [-0.15, -0.1) is 0 Å². The number of benzene rings is 2. The highest BCUT2D eigenvalue weighted by Crippen LogP contribution is 2.25. The Kier molecular flexibility index (Phi) is 8.35. The van der Waals surface area contributed by atoms with Crippen molar-refractivity contribution in [1.29, 1.82) is 0 Å². The molecule has 1 amide bonds. The molecule has 1 fully saturated rings. The van der Waals surface area contributed by atoms with Crippen LogP contribution in [0.5, 0.6) is 0 Å². The second-order valence-electron chi connectivity index (χ2n) is 8.34. The molecule has 3 rings (SSSR count). The first-order valence-corrected chi connectivity index (χ1v) is 11.2. The minimum atomic E-state index is -0.0993. The summed E-state index contributed by atoms with van der Waals surface area (Å²) in [5, 5.41) is 9.23. The summed E-state index contributed by atoms with van der Waals surface area (Å²) in [5.74, 6) is 0.985. The van der Waals surface area contributed by atoms with Gasteiger partial charge in [-0.2, -0.15) is 0 Å². The zero-order valence-corrected chi connectivity index (χ0v) is 17.4. The number of unbranched alkanes of at least 4 members (excludes halogenated alkanes) is 1. The normalized spacial score (nSPS) is 16.2. The van der Waals surface area contributed by atoms with Gasteiger partial charge in [-0.05, 0) is 41.2 Å². The summed E-state index contributed by atoms with van der Waals surface area (Å²) in [6.45, 7) is 3.74. The number of carbonyl (C=O) groups excluding carboxylic acids is 1. The van der Waals surface area contributed by atoms with Gasteiger partial charge in [0, 0.05) is 13.1 Å². The Morgan fingerprint density at radius 1 is 1.07 bits per heavy atom. The Morgan fingerprint density at radius 3 is 2.64 bits per heavy atom. The molecule has 0 heterocycles. The molecule has 0 bridgehead atoms. The Morgan fingerprint density at radius 2 is 1.86 bits per heavy atom. The van der Waals surface area contributed by atoms with E-state index < -0.39 is 0 Å². The molecule has 1 saturated carbocycles. The molecule has 0 aliphatic heterocycles. The lowest BCUT2D eigenvalue weighted by Gasteiger charge is -2.23. The highest BCUT2D eigenvalue weighted by molar-refractivity contribution is 5.83. The van der Waals surface area contributed by atoms with E-state index in [0.29, 0.717) is 0 Å². The van der Waals surface area contributed by atoms with Crippen LogP contribution in [0.3, 0.4) is 0 Å². The number of hydrogen-bond acceptors (Lipinski definition) is 2. The van der Waals surface area contributed by atoms with Gasteiger partial charge < -0.3 is 10.6 Å². The fourth-order valence-corrected chi connectivity index (χ4v) is 4.32. The Labute approximate surface area is 170 Å². The molecule has 0 saturated heterocycles. The van der Waals surface area contributed by atoms with Gasteiger partial charge in [0.25, 0.3) is 0 Å². The summed E-state index contributed by atoms with van der Waals surface area (Å²) in [6, 6.07) is 14.9. The van der Waals surface area contributed by atoms with Crippen LogP contribution >= 0.6 is 0 Å². The summed E-state index contributed by atoms with van der Waals surface area (Å²) in [6.07, 6.45) is 11.0. The van der Waals surface area contributed by atoms with Crippen LogP contribution in [0.4, 0.5) is 0 Å². The summed E-state index contributed by atoms with van der Waals surface area (Å²) in [5.41, 5.74) is 1.23. The lowest BCUT2D eigenvalue weighted by molar-refractivity contribution is -0.123. The molecule has 152 valence electrons. The van der Waals surface area contributed by atoms with Gasteiger partial charge in [0.2, 0.25) is 5.91 Å². The van der Waals surface area contributed by atoms with Gasteiger partial charge in [-0.1, -0.05) is 88.3 Å². The smallest absolute Gasteiger partial charge is 0.237 e. The van der Waals surface area contributed by atoms with Crippen LogP contribution in [0.2, 0.25) is 0 Å². The highest BCUT2D eigenvalue weighted by Gasteiger charge is 2.18. The summed E-state index contributed by atoms with van der Waals surface area (Å²) in [4.78, 5) is 12.8. The second-order valence-corrected chi connectivity index (χ2v) is 8.34. The quantitative estimate of drug-likeness (QED) is 0.565. The van der Waals surface area contributed by atoms with Gasteiger partial charge in [-0.25, -0.2) is 0 Å². The number of amides is 1. The van der Waals surface area contributed by atoms with Crippen LogP contribution in [0.15, 0.2) is 42.5 Å². The molecular weight excluding hydrogens is 344 g/mol. The molecule has 28 heavy (non-hydrogen) atoms. The maximum Gasteiger partial charge on any atom is 0.237 e. The van der Waals surface area contributed by atoms with Crippen molar-refractivity contribution < 1.29 is 4.79 Å². The van der Waals surface area contributed by atoms with E-state index in [2.05, 4.69) is 60.0 Å². The molecule has 2 aromatic carbocycles. The van der Waals surface area contributed by atoms with Crippen molar-refractivity contribution in [2.75, 3.05) is 6.54 Å². The van der Waals surface area contributed by atoms with E-state index in [1.807, 2.05) is 0 Å². The third-order valence-corrected chi connectivity index (χ3v) is 6.11. The summed E-state index contributed by atoms with van der Waals surface area (Å²) >= 11 is 0. The molecule has 2 N–H and O–H groups in total. The van der Waals surface area contributed by atoms with Crippen molar-refractivity contribution in [1.82, 2.24) is 10.6 Å². The largest absolute Gasteiger partial charge is 0.355 e. The van der Waals surface area contributed by atoms with Crippen molar-refractivity contribution in [2.45, 2.75) is 77.3 Å². The molecule has 1 atom stereocenters. The fourth-order valence-electron chi connectivity index (χ4n) is 4.32. The summed E-state index contributed by atoms with van der Waals surface area (Å²) < 4.78 is 0. The van der Waals surface area contributed by atoms with Crippen molar-refractivity contribution in [3.05, 3.63) is 48.0 Å². The Hall–Kier alpha value is -1.87. The van der Waals surface area contributed by atoms with E-state index in [1.165, 1.54) is 48.4 Å². The van der Waals surface area contributed by atoms with Crippen LogP contribution in [0, 0.1) is 5.92 Å². The van der Waals surface area contributed by atoms with Gasteiger partial charge in [0.05, 0.1) is 6.04 Å². The first kappa shape index (κ1) is 20.9. The number of hydrogen-bond donors (Lipinski definition) is 2. The van der Waals surface area contributed by atoms with E-state index in [-0.39, 0.29) is 11.9 Å². The van der Waals surface area contributed by atoms with E-state index in [9.17, 15) is 4.79 Å². The van der Waals surface area contributed by atoms with Crippen molar-refractivity contribution >= 4 is 16.7 Å². The standard InChI is InChI=1S/C25H36N2O/c1-2-3-13-24(25(28)26-17-16-20-9-5-4-6-10-20)27-19-21-14-15-22-11-7-8-12-23(22)18-21/h7-8,11-12,14-15,18,20,24,27H,2-6,9-10,13,16-17,19H2,1H3,(H,26,28)/t24-/m0/s1. The van der Waals surface area contributed by atoms with E-state index in [1.54, 1.807) is 0 Å². The van der Waals surface area contributed by atoms with Crippen LogP contribution in [0.1, 0.15) is 70.3 Å². The lowest BCUT2D eigenvalue weighted by Crippen LogP contribution is -2.44. The Bertz CT molecular complexity index is 736. The SMILES string of the molecule is CCCC[C@H](NCc1ccc2ccccc2c1)C(=O)NCCC1CCCCC1. The molecule has 0 aromatic heterocycles. The number of fused-ring (bicyclic) bond motifs is 1. The molecule has 3 heteroatoms. The predicted molar refractivity (Wildman–Crippen MR) is 118 cm³/mol. The average molecular weight is 381 g/mol. The molecule has 0 spiro atoms. The van der Waals surface area contributed by atoms with E-state index in [0.717, 1.165) is 44.7 Å². The maximum absolute atomic E-state index is 12.8. The monoisotopic (exact) mass is 380 g/mol. The lowest BCUT2D eigenvalue weighted by atomic mass is 9.87. The van der Waals surface area contributed by atoms with Gasteiger partial charge in [0.15, 0.2) is 0 Å². The third kappa shape index (κ3) is 6.34. The zero-order valence-electron chi connectivity index (χ0n) is 17.4. The Balaban J connectivity index is 1.50. The molecule has 2 aromatic rings. The number of nitrogens with one attached hydrogen (secondary N) is 2. The minimum absolute atomic E-state index is 0.0993. The van der Waals surface area contributed by atoms with E-state index in [4.69, 9.17) is 0 Å². The number of carbonyl (C=O) groups is 1. The first-order chi connectivity index (χ1) is 13.8. The zero-order chi connectivity index (χ0) is 19.6. The van der Waals surface area contributed by atoms with Gasteiger partial charge in [0.1, 0.15) is 0 Å². The third-order valence-electron chi connectivity index (χ3n) is 6.11. The van der Waals surface area contributed by atoms with Crippen molar-refractivity contribution in [2.24, 2.45) is 5.92 Å². The topological polar surface area (TPSA) is 41.1 Å². The van der Waals surface area contributed by atoms with Gasteiger partial charge in [-0.3, -0.25) is 4.79 Å². The average Bonchev–Trinajstić information content (AvgIpc) is 2.74. The molecule has 3 nitrogen and oxygen atoms in total. The molecule has 0 radical (unpaired) electrons. The second kappa shape index (κ2) is 11.2. The van der Waals surface area contributed by atoms with Crippen LogP contribution < -0.4 is 10.6 Å². The first-order valence-electron chi connectivity index (χ1n) is 11.2. The van der Waals surface area contributed by atoms with Crippen molar-refractivity contribution in [3.63, 3.8) is 0 Å². The fraction of sp³-hybridized carbons (Fsp3) is 0.560. The van der Waals surface area contributed by atoms with Crippen molar-refractivity contribution in [3.8, 4) is 0 Å². The summed E-state index contributed by atoms with van der Waals surface area (Å²) in [7, 11) is 0. The molecule has 1 aliphatic rings. The predicted octanol–water partition coefficient (Wildman–Crippen LogP) is 5.57. The van der Waals surface area contributed by atoms with Crippen LogP contribution in [-0.2, 0) is 11.3 Å². The molecule has 0 unspecified atom stereocenters. The van der Waals surface area contributed by atoms with E-state index >= 15 is 0 Å².